The molecule has 0 radical (unpaired) electrons. The highest BCUT2D eigenvalue weighted by molar-refractivity contribution is 5.94. The molecular formula is C26H20O10. The first-order valence-corrected chi connectivity index (χ1v) is 10.7. The van der Waals surface area contributed by atoms with E-state index in [9.17, 15) is 30.0 Å². The number of rotatable bonds is 4. The Balaban J connectivity index is 1.87. The zero-order valence-corrected chi connectivity index (χ0v) is 19.1. The molecule has 0 saturated heterocycles. The summed E-state index contributed by atoms with van der Waals surface area (Å²) in [5.74, 6) is -3.01. The normalized spacial score (nSPS) is 14.8. The van der Waals surface area contributed by atoms with Crippen molar-refractivity contribution in [2.45, 2.75) is 12.3 Å². The summed E-state index contributed by atoms with van der Waals surface area (Å²) >= 11 is 0. The second-order valence-electron chi connectivity index (χ2n) is 8.16. The van der Waals surface area contributed by atoms with Crippen molar-refractivity contribution >= 4 is 16.9 Å². The first-order chi connectivity index (χ1) is 17.2. The summed E-state index contributed by atoms with van der Waals surface area (Å²) < 4.78 is 22.2. The van der Waals surface area contributed by atoms with Crippen LogP contribution in [0.25, 0.3) is 22.3 Å². The number of hydrogen-bond acceptors (Lipinski definition) is 10. The number of phenols is 3. The van der Waals surface area contributed by atoms with E-state index < -0.39 is 40.3 Å². The van der Waals surface area contributed by atoms with E-state index in [1.54, 1.807) is 18.2 Å². The van der Waals surface area contributed by atoms with Crippen LogP contribution in [0.2, 0.25) is 0 Å². The van der Waals surface area contributed by atoms with Crippen molar-refractivity contribution in [3.8, 4) is 51.6 Å². The lowest BCUT2D eigenvalue weighted by atomic mass is 9.84. The van der Waals surface area contributed by atoms with E-state index in [0.29, 0.717) is 17.1 Å². The molecule has 4 aromatic rings. The summed E-state index contributed by atoms with van der Waals surface area (Å²) in [6.07, 6.45) is -0.143. The highest BCUT2D eigenvalue weighted by atomic mass is 16.5. The van der Waals surface area contributed by atoms with Crippen molar-refractivity contribution in [3.05, 3.63) is 63.8 Å². The molecule has 4 N–H and O–H groups in total. The van der Waals surface area contributed by atoms with Crippen LogP contribution < -0.4 is 19.6 Å². The molecule has 2 heterocycles. The average molecular weight is 492 g/mol. The number of methoxy groups -OCH3 is 2. The van der Waals surface area contributed by atoms with Gasteiger partial charge in [0.2, 0.25) is 11.2 Å². The SMILES string of the molecule is COc1ccc(OC)c([C@H]2CC(=O)Oc3cc(O)c4c(=O)c(O)c(-c5ccc(O)c(O)c5)oc4c32)c1. The molecule has 0 fully saturated rings. The Hall–Kier alpha value is -4.86. The van der Waals surface area contributed by atoms with Gasteiger partial charge in [0.15, 0.2) is 17.3 Å². The Morgan fingerprint density at radius 2 is 1.67 bits per heavy atom. The Labute approximate surface area is 203 Å². The molecule has 0 unspecified atom stereocenters. The molecule has 184 valence electrons. The summed E-state index contributed by atoms with van der Waals surface area (Å²) in [6.45, 7) is 0. The van der Waals surface area contributed by atoms with Crippen molar-refractivity contribution in [1.82, 2.24) is 0 Å². The van der Waals surface area contributed by atoms with E-state index in [4.69, 9.17) is 18.6 Å². The third-order valence-corrected chi connectivity index (χ3v) is 6.12. The molecule has 10 heteroatoms. The maximum absolute atomic E-state index is 13.2. The third kappa shape index (κ3) is 3.50. The molecule has 1 atom stereocenters. The molecule has 0 amide bonds. The van der Waals surface area contributed by atoms with Gasteiger partial charge in [0.1, 0.15) is 34.0 Å². The smallest absolute Gasteiger partial charge is 0.312 e. The van der Waals surface area contributed by atoms with Gasteiger partial charge in [-0.3, -0.25) is 9.59 Å². The summed E-state index contributed by atoms with van der Waals surface area (Å²) in [4.78, 5) is 25.7. The van der Waals surface area contributed by atoms with Crippen LogP contribution in [0.4, 0.5) is 0 Å². The number of phenolic OH excluding ortho intramolecular Hbond substituents is 3. The molecule has 1 aliphatic heterocycles. The largest absolute Gasteiger partial charge is 0.507 e. The maximum atomic E-state index is 13.2. The van der Waals surface area contributed by atoms with E-state index in [2.05, 4.69) is 0 Å². The number of fused-ring (bicyclic) bond motifs is 3. The molecule has 36 heavy (non-hydrogen) atoms. The number of ether oxygens (including phenoxy) is 3. The van der Waals surface area contributed by atoms with E-state index >= 15 is 0 Å². The summed E-state index contributed by atoms with van der Waals surface area (Å²) in [5.41, 5.74) is -0.163. The fourth-order valence-corrected chi connectivity index (χ4v) is 4.42. The van der Waals surface area contributed by atoms with Crippen LogP contribution in [-0.4, -0.2) is 40.6 Å². The highest BCUT2D eigenvalue weighted by Gasteiger charge is 2.36. The fourth-order valence-electron chi connectivity index (χ4n) is 4.42. The zero-order chi connectivity index (χ0) is 25.7. The Bertz CT molecular complexity index is 1600. The first kappa shape index (κ1) is 22.9. The number of aromatic hydroxyl groups is 4. The van der Waals surface area contributed by atoms with Crippen molar-refractivity contribution < 1.29 is 43.8 Å². The van der Waals surface area contributed by atoms with Crippen LogP contribution >= 0.6 is 0 Å². The van der Waals surface area contributed by atoms with Gasteiger partial charge in [0, 0.05) is 28.7 Å². The fraction of sp³-hybridized carbons (Fsp3) is 0.154. The van der Waals surface area contributed by atoms with Gasteiger partial charge in [-0.1, -0.05) is 0 Å². The number of hydrogen-bond donors (Lipinski definition) is 4. The van der Waals surface area contributed by atoms with Crippen LogP contribution in [0.3, 0.4) is 0 Å². The lowest BCUT2D eigenvalue weighted by Crippen LogP contribution is -2.22. The minimum atomic E-state index is -0.938. The minimum absolute atomic E-state index is 0.0283. The molecule has 10 nitrogen and oxygen atoms in total. The molecule has 0 aliphatic carbocycles. The van der Waals surface area contributed by atoms with Gasteiger partial charge in [0.25, 0.3) is 0 Å². The molecular weight excluding hydrogens is 472 g/mol. The van der Waals surface area contributed by atoms with Crippen molar-refractivity contribution in [2.24, 2.45) is 0 Å². The van der Waals surface area contributed by atoms with Crippen LogP contribution in [-0.2, 0) is 4.79 Å². The number of carbonyl (C=O) groups is 1. The standard InChI is InChI=1S/C26H20O10/c1-33-12-4-6-18(34-2)13(8-12)14-9-20(30)35-19-10-17(29)22-23(31)24(32)25(36-26(22)21(14)19)11-3-5-15(27)16(28)7-11/h3-8,10,14,27-29,32H,9H2,1-2H3/t14-/m1/s1. The molecule has 0 bridgehead atoms. The van der Waals surface area contributed by atoms with Gasteiger partial charge in [-0.05, 0) is 36.4 Å². The molecule has 0 saturated carbocycles. The second-order valence-corrected chi connectivity index (χ2v) is 8.16. The first-order valence-electron chi connectivity index (χ1n) is 10.7. The lowest BCUT2D eigenvalue weighted by Gasteiger charge is -2.27. The van der Waals surface area contributed by atoms with Gasteiger partial charge >= 0.3 is 5.97 Å². The molecule has 1 aliphatic rings. The monoisotopic (exact) mass is 492 g/mol. The Kier molecular flexibility index (Phi) is 5.36. The predicted molar refractivity (Wildman–Crippen MR) is 126 cm³/mol. The van der Waals surface area contributed by atoms with Gasteiger partial charge in [-0.25, -0.2) is 0 Å². The van der Waals surface area contributed by atoms with E-state index in [0.717, 1.165) is 18.2 Å². The quantitative estimate of drug-likeness (QED) is 0.188. The molecule has 3 aromatic carbocycles. The zero-order valence-electron chi connectivity index (χ0n) is 19.1. The van der Waals surface area contributed by atoms with Gasteiger partial charge in [0.05, 0.1) is 20.6 Å². The summed E-state index contributed by atoms with van der Waals surface area (Å²) in [7, 11) is 2.96. The van der Waals surface area contributed by atoms with E-state index in [1.807, 2.05) is 0 Å². The van der Waals surface area contributed by atoms with Crippen LogP contribution in [0.5, 0.6) is 40.2 Å². The van der Waals surface area contributed by atoms with Crippen LogP contribution in [0.15, 0.2) is 51.7 Å². The molecule has 0 spiro atoms. The minimum Gasteiger partial charge on any atom is -0.507 e. The van der Waals surface area contributed by atoms with Gasteiger partial charge < -0.3 is 39.1 Å². The van der Waals surface area contributed by atoms with Crippen molar-refractivity contribution in [1.29, 1.82) is 0 Å². The maximum Gasteiger partial charge on any atom is 0.312 e. The number of esters is 1. The van der Waals surface area contributed by atoms with Crippen molar-refractivity contribution in [2.75, 3.05) is 14.2 Å². The predicted octanol–water partition coefficient (Wildman–Crippen LogP) is 3.74. The topological polar surface area (TPSA) is 156 Å². The van der Waals surface area contributed by atoms with E-state index in [-0.39, 0.29) is 40.0 Å². The van der Waals surface area contributed by atoms with Crippen LogP contribution in [0, 0.1) is 0 Å². The van der Waals surface area contributed by atoms with Crippen LogP contribution in [0.1, 0.15) is 23.5 Å². The third-order valence-electron chi connectivity index (χ3n) is 6.12. The summed E-state index contributed by atoms with van der Waals surface area (Å²) in [5, 5.41) is 40.5. The average Bonchev–Trinajstić information content (AvgIpc) is 2.86. The lowest BCUT2D eigenvalue weighted by molar-refractivity contribution is -0.135. The highest BCUT2D eigenvalue weighted by Crippen LogP contribution is 2.49. The number of carbonyl (C=O) groups excluding carboxylic acids is 1. The second kappa shape index (κ2) is 8.42. The number of benzene rings is 3. The van der Waals surface area contributed by atoms with E-state index in [1.165, 1.54) is 20.3 Å². The molecule has 5 rings (SSSR count). The van der Waals surface area contributed by atoms with Gasteiger partial charge in [-0.15, -0.1) is 0 Å². The molecule has 1 aromatic heterocycles. The Morgan fingerprint density at radius 1 is 0.889 bits per heavy atom. The summed E-state index contributed by atoms with van der Waals surface area (Å²) in [6, 6.07) is 9.76. The Morgan fingerprint density at radius 3 is 2.36 bits per heavy atom. The van der Waals surface area contributed by atoms with Crippen molar-refractivity contribution in [3.63, 3.8) is 0 Å². The van der Waals surface area contributed by atoms with Gasteiger partial charge in [-0.2, -0.15) is 0 Å².